The molecule has 98 valence electrons. The van der Waals surface area contributed by atoms with Crippen LogP contribution in [0.25, 0.3) is 0 Å². The molecule has 0 fully saturated rings. The monoisotopic (exact) mass is 278 g/mol. The summed E-state index contributed by atoms with van der Waals surface area (Å²) in [5.74, 6) is -0.677. The molecular weight excluding hydrogens is 267 g/mol. The van der Waals surface area contributed by atoms with Gasteiger partial charge < -0.3 is 11.1 Å². The summed E-state index contributed by atoms with van der Waals surface area (Å²) in [5.41, 5.74) is 7.32. The van der Waals surface area contributed by atoms with Crippen molar-refractivity contribution < 1.29 is 9.18 Å². The second-order valence-electron chi connectivity index (χ2n) is 4.15. The number of benzene rings is 2. The van der Waals surface area contributed by atoms with Crippen molar-refractivity contribution in [3.63, 3.8) is 0 Å². The molecule has 0 saturated heterocycles. The van der Waals surface area contributed by atoms with Crippen LogP contribution >= 0.6 is 11.6 Å². The van der Waals surface area contributed by atoms with Gasteiger partial charge in [0, 0.05) is 16.4 Å². The minimum absolute atomic E-state index is 0.295. The van der Waals surface area contributed by atoms with E-state index in [9.17, 15) is 9.18 Å². The van der Waals surface area contributed by atoms with Gasteiger partial charge in [-0.05, 0) is 48.9 Å². The maximum Gasteiger partial charge on any atom is 0.257 e. The summed E-state index contributed by atoms with van der Waals surface area (Å²) in [6.07, 6.45) is 0. The number of amides is 1. The third-order valence-corrected chi connectivity index (χ3v) is 2.91. The van der Waals surface area contributed by atoms with E-state index >= 15 is 0 Å². The molecule has 0 bridgehead atoms. The van der Waals surface area contributed by atoms with Gasteiger partial charge in [-0.15, -0.1) is 0 Å². The molecule has 0 aromatic heterocycles. The highest BCUT2D eigenvalue weighted by Gasteiger charge is 2.10. The van der Waals surface area contributed by atoms with Crippen molar-refractivity contribution in [3.05, 3.63) is 58.4 Å². The fourth-order valence-electron chi connectivity index (χ4n) is 1.66. The first kappa shape index (κ1) is 13.4. The summed E-state index contributed by atoms with van der Waals surface area (Å²) in [6, 6.07) is 8.99. The lowest BCUT2D eigenvalue weighted by Gasteiger charge is -2.08. The zero-order valence-electron chi connectivity index (χ0n) is 10.2. The van der Waals surface area contributed by atoms with Crippen molar-refractivity contribution >= 4 is 28.9 Å². The van der Waals surface area contributed by atoms with Gasteiger partial charge in [-0.1, -0.05) is 11.6 Å². The fourth-order valence-corrected chi connectivity index (χ4v) is 1.84. The third kappa shape index (κ3) is 3.03. The van der Waals surface area contributed by atoms with Crippen LogP contribution in [0.2, 0.25) is 5.02 Å². The SMILES string of the molecule is Cc1cc(NC(=O)c2ccc(Cl)cc2N)ccc1F. The number of carbonyl (C=O) groups is 1. The second kappa shape index (κ2) is 5.28. The van der Waals surface area contributed by atoms with E-state index in [0.29, 0.717) is 27.5 Å². The van der Waals surface area contributed by atoms with Crippen LogP contribution in [0.15, 0.2) is 36.4 Å². The smallest absolute Gasteiger partial charge is 0.257 e. The van der Waals surface area contributed by atoms with Gasteiger partial charge in [0.05, 0.1) is 5.56 Å². The Bertz CT molecular complexity index is 643. The number of aryl methyl sites for hydroxylation is 1. The van der Waals surface area contributed by atoms with Crippen LogP contribution in [0, 0.1) is 12.7 Å². The maximum absolute atomic E-state index is 13.1. The van der Waals surface area contributed by atoms with E-state index in [1.54, 1.807) is 25.1 Å². The van der Waals surface area contributed by atoms with Gasteiger partial charge in [0.15, 0.2) is 0 Å². The first-order chi connectivity index (χ1) is 8.97. The number of anilines is 2. The van der Waals surface area contributed by atoms with Crippen LogP contribution < -0.4 is 11.1 Å². The molecule has 2 aromatic rings. The lowest BCUT2D eigenvalue weighted by atomic mass is 10.1. The fraction of sp³-hybridized carbons (Fsp3) is 0.0714. The summed E-state index contributed by atoms with van der Waals surface area (Å²) in [4.78, 5) is 12.0. The lowest BCUT2D eigenvalue weighted by Crippen LogP contribution is -2.14. The molecule has 19 heavy (non-hydrogen) atoms. The van der Waals surface area contributed by atoms with E-state index in [4.69, 9.17) is 17.3 Å². The first-order valence-electron chi connectivity index (χ1n) is 5.60. The van der Waals surface area contributed by atoms with Crippen molar-refractivity contribution in [2.45, 2.75) is 6.92 Å². The van der Waals surface area contributed by atoms with Gasteiger partial charge >= 0.3 is 0 Å². The first-order valence-corrected chi connectivity index (χ1v) is 5.97. The second-order valence-corrected chi connectivity index (χ2v) is 4.59. The largest absolute Gasteiger partial charge is 0.398 e. The van der Waals surface area contributed by atoms with Crippen molar-refractivity contribution in [2.24, 2.45) is 0 Å². The normalized spacial score (nSPS) is 10.3. The van der Waals surface area contributed by atoms with Gasteiger partial charge in [-0.3, -0.25) is 4.79 Å². The average molecular weight is 279 g/mol. The van der Waals surface area contributed by atoms with Crippen LogP contribution in [0.1, 0.15) is 15.9 Å². The molecular formula is C14H12ClFN2O. The van der Waals surface area contributed by atoms with E-state index in [0.717, 1.165) is 0 Å². The summed E-state index contributed by atoms with van der Waals surface area (Å²) < 4.78 is 13.1. The summed E-state index contributed by atoms with van der Waals surface area (Å²) >= 11 is 5.77. The van der Waals surface area contributed by atoms with Crippen LogP contribution in [0.4, 0.5) is 15.8 Å². The third-order valence-electron chi connectivity index (χ3n) is 2.67. The molecule has 3 nitrogen and oxygen atoms in total. The van der Waals surface area contributed by atoms with Crippen molar-refractivity contribution in [1.29, 1.82) is 0 Å². The number of hydrogen-bond donors (Lipinski definition) is 2. The number of carbonyl (C=O) groups excluding carboxylic acids is 1. The molecule has 0 atom stereocenters. The molecule has 0 unspecified atom stereocenters. The molecule has 0 spiro atoms. The Hall–Kier alpha value is -2.07. The van der Waals surface area contributed by atoms with Crippen molar-refractivity contribution in [1.82, 2.24) is 0 Å². The van der Waals surface area contributed by atoms with E-state index in [-0.39, 0.29) is 11.7 Å². The number of halogens is 2. The summed E-state index contributed by atoms with van der Waals surface area (Å²) in [6.45, 7) is 1.63. The minimum Gasteiger partial charge on any atom is -0.398 e. The number of nitrogens with two attached hydrogens (primary N) is 1. The average Bonchev–Trinajstić information content (AvgIpc) is 2.33. The molecule has 3 N–H and O–H groups in total. The van der Waals surface area contributed by atoms with Crippen molar-refractivity contribution in [2.75, 3.05) is 11.1 Å². The Labute approximate surface area is 115 Å². The molecule has 0 saturated carbocycles. The predicted octanol–water partition coefficient (Wildman–Crippen LogP) is 3.62. The van der Waals surface area contributed by atoms with E-state index in [2.05, 4.69) is 5.32 Å². The molecule has 2 rings (SSSR count). The number of nitrogen functional groups attached to an aromatic ring is 1. The lowest BCUT2D eigenvalue weighted by molar-refractivity contribution is 0.102. The number of rotatable bonds is 2. The predicted molar refractivity (Wildman–Crippen MR) is 75.0 cm³/mol. The Morgan fingerprint density at radius 3 is 2.63 bits per heavy atom. The van der Waals surface area contributed by atoms with Crippen LogP contribution in [-0.2, 0) is 0 Å². The Balaban J connectivity index is 2.23. The van der Waals surface area contributed by atoms with Gasteiger partial charge in [0.2, 0.25) is 0 Å². The van der Waals surface area contributed by atoms with Crippen LogP contribution in [0.5, 0.6) is 0 Å². The quantitative estimate of drug-likeness (QED) is 0.824. The van der Waals surface area contributed by atoms with Crippen LogP contribution in [0.3, 0.4) is 0 Å². The Kier molecular flexibility index (Phi) is 3.71. The molecule has 0 radical (unpaired) electrons. The van der Waals surface area contributed by atoms with Gasteiger partial charge in [-0.2, -0.15) is 0 Å². The molecule has 0 aliphatic heterocycles. The zero-order chi connectivity index (χ0) is 14.0. The Morgan fingerprint density at radius 2 is 2.00 bits per heavy atom. The highest BCUT2D eigenvalue weighted by molar-refractivity contribution is 6.31. The minimum atomic E-state index is -0.361. The summed E-state index contributed by atoms with van der Waals surface area (Å²) in [7, 11) is 0. The van der Waals surface area contributed by atoms with Crippen molar-refractivity contribution in [3.8, 4) is 0 Å². The number of nitrogens with one attached hydrogen (secondary N) is 1. The maximum atomic E-state index is 13.1. The van der Waals surface area contributed by atoms with Crippen LogP contribution in [-0.4, -0.2) is 5.91 Å². The topological polar surface area (TPSA) is 55.1 Å². The highest BCUT2D eigenvalue weighted by atomic mass is 35.5. The number of hydrogen-bond acceptors (Lipinski definition) is 2. The Morgan fingerprint density at radius 1 is 1.26 bits per heavy atom. The van der Waals surface area contributed by atoms with Gasteiger partial charge in [0.25, 0.3) is 5.91 Å². The standard InChI is InChI=1S/C14H12ClFN2O/c1-8-6-10(3-5-12(8)16)18-14(19)11-4-2-9(15)7-13(11)17/h2-7H,17H2,1H3,(H,18,19). The molecule has 2 aromatic carbocycles. The zero-order valence-corrected chi connectivity index (χ0v) is 11.0. The molecule has 0 aliphatic rings. The molecule has 5 heteroatoms. The van der Waals surface area contributed by atoms with E-state index < -0.39 is 0 Å². The molecule has 1 amide bonds. The van der Waals surface area contributed by atoms with E-state index in [1.807, 2.05) is 0 Å². The van der Waals surface area contributed by atoms with E-state index in [1.165, 1.54) is 18.2 Å². The van der Waals surface area contributed by atoms with Gasteiger partial charge in [0.1, 0.15) is 5.82 Å². The summed E-state index contributed by atoms with van der Waals surface area (Å²) in [5, 5.41) is 3.12. The highest BCUT2D eigenvalue weighted by Crippen LogP contribution is 2.20. The molecule has 0 heterocycles. The van der Waals surface area contributed by atoms with Gasteiger partial charge in [-0.25, -0.2) is 4.39 Å². The molecule has 0 aliphatic carbocycles.